The van der Waals surface area contributed by atoms with Crippen molar-refractivity contribution in [3.8, 4) is 0 Å². The van der Waals surface area contributed by atoms with Gasteiger partial charge in [-0.2, -0.15) is 13.0 Å². The first-order valence-electron chi connectivity index (χ1n) is 19.4. The molecule has 3 aromatic carbocycles. The first-order valence-corrected chi connectivity index (χ1v) is 20.9. The number of aryl methyl sites for hydroxylation is 1. The zero-order chi connectivity index (χ0) is 39.0. The van der Waals surface area contributed by atoms with Crippen molar-refractivity contribution in [2.24, 2.45) is 0 Å². The van der Waals surface area contributed by atoms with Gasteiger partial charge in [0, 0.05) is 47.5 Å². The predicted octanol–water partition coefficient (Wildman–Crippen LogP) is 10.7. The molecule has 0 atom stereocenters. The van der Waals surface area contributed by atoms with Crippen molar-refractivity contribution in [2.45, 2.75) is 109 Å². The summed E-state index contributed by atoms with van der Waals surface area (Å²) in [5.41, 5.74) is 11.6. The maximum absolute atomic E-state index is 12.2. The van der Waals surface area contributed by atoms with E-state index >= 15 is 0 Å². The molecule has 0 fully saturated rings. The van der Waals surface area contributed by atoms with Crippen LogP contribution in [0.5, 0.6) is 0 Å². The van der Waals surface area contributed by atoms with Gasteiger partial charge in [-0.3, -0.25) is 4.55 Å². The Balaban J connectivity index is 1.52. The van der Waals surface area contributed by atoms with Crippen molar-refractivity contribution < 1.29 is 27.4 Å². The van der Waals surface area contributed by atoms with Crippen LogP contribution in [-0.2, 0) is 20.9 Å². The van der Waals surface area contributed by atoms with Crippen molar-refractivity contribution in [2.75, 3.05) is 18.0 Å². The zero-order valence-electron chi connectivity index (χ0n) is 32.9. The molecule has 2 N–H and O–H groups in total. The predicted molar refractivity (Wildman–Crippen MR) is 220 cm³/mol. The Labute approximate surface area is 321 Å². The molecule has 0 saturated carbocycles. The molecule has 0 aromatic heterocycles. The molecule has 0 amide bonds. The lowest BCUT2D eigenvalue weighted by atomic mass is 9.79. The molecule has 0 bridgehead atoms. The van der Waals surface area contributed by atoms with E-state index in [9.17, 15) is 22.9 Å². The molecular formula is C46H55N2O5S+. The number of para-hydroxylation sites is 1. The average Bonchev–Trinajstić information content (AvgIpc) is 3.48. The largest absolute Gasteiger partial charge is 0.478 e. The highest BCUT2D eigenvalue weighted by Gasteiger charge is 2.44. The van der Waals surface area contributed by atoms with Crippen LogP contribution in [0.15, 0.2) is 107 Å². The second-order valence-electron chi connectivity index (χ2n) is 16.0. The summed E-state index contributed by atoms with van der Waals surface area (Å²) in [4.78, 5) is 14.2. The van der Waals surface area contributed by atoms with Crippen LogP contribution in [-0.4, -0.2) is 47.4 Å². The number of unbranched alkanes of at least 4 members (excludes halogenated alkanes) is 2. The van der Waals surface area contributed by atoms with Crippen LogP contribution < -0.4 is 4.90 Å². The van der Waals surface area contributed by atoms with Gasteiger partial charge in [-0.1, -0.05) is 83.0 Å². The monoisotopic (exact) mass is 747 g/mol. The first-order chi connectivity index (χ1) is 25.6. The summed E-state index contributed by atoms with van der Waals surface area (Å²) in [6.45, 7) is 16.8. The molecule has 0 saturated heterocycles. The number of nitrogens with zero attached hydrogens (tertiary/aromatic N) is 2. The third-order valence-electron chi connectivity index (χ3n) is 11.6. The van der Waals surface area contributed by atoms with Gasteiger partial charge < -0.3 is 10.0 Å². The smallest absolute Gasteiger partial charge is 0.335 e. The van der Waals surface area contributed by atoms with Crippen LogP contribution in [0.1, 0.15) is 119 Å². The lowest BCUT2D eigenvalue weighted by Gasteiger charge is -2.27. The molecule has 284 valence electrons. The maximum Gasteiger partial charge on any atom is 0.335 e. The Morgan fingerprint density at radius 1 is 0.889 bits per heavy atom. The highest BCUT2D eigenvalue weighted by Crippen LogP contribution is 2.49. The summed E-state index contributed by atoms with van der Waals surface area (Å²) in [5.74, 6) is -0.934. The summed E-state index contributed by atoms with van der Waals surface area (Å²) >= 11 is 0. The molecule has 3 aromatic rings. The number of anilines is 1. The SMILES string of the molecule is CCCCN1/C(=C/C=C2\CCCC(/C=C/C3=[N+](CCCC)c4ccccc4C3(C)C)=C2c2ccc(C(=O)O)c(C)c2)C(C)(C)c2cc(S(=O)(=O)O)ccc21. The average molecular weight is 748 g/mol. The first kappa shape index (κ1) is 39.2. The summed E-state index contributed by atoms with van der Waals surface area (Å²) in [6.07, 6.45) is 16.0. The molecule has 2 heterocycles. The Hall–Kier alpha value is -4.53. The summed E-state index contributed by atoms with van der Waals surface area (Å²) < 4.78 is 36.7. The molecule has 0 spiro atoms. The van der Waals surface area contributed by atoms with Gasteiger partial charge in [0.2, 0.25) is 5.69 Å². The normalized spacial score (nSPS) is 19.4. The van der Waals surface area contributed by atoms with Gasteiger partial charge >= 0.3 is 5.97 Å². The molecule has 0 unspecified atom stereocenters. The van der Waals surface area contributed by atoms with Gasteiger partial charge in [0.25, 0.3) is 10.1 Å². The van der Waals surface area contributed by atoms with E-state index in [0.29, 0.717) is 5.56 Å². The molecule has 1 aliphatic carbocycles. The van der Waals surface area contributed by atoms with Gasteiger partial charge in [0.15, 0.2) is 5.71 Å². The molecule has 0 radical (unpaired) electrons. The van der Waals surface area contributed by atoms with Crippen molar-refractivity contribution in [3.05, 3.63) is 130 Å². The molecule has 3 aliphatic rings. The van der Waals surface area contributed by atoms with E-state index in [2.05, 4.69) is 99.6 Å². The van der Waals surface area contributed by atoms with Gasteiger partial charge in [-0.05, 0) is 110 Å². The fraction of sp³-hybridized carbons (Fsp3) is 0.391. The summed E-state index contributed by atoms with van der Waals surface area (Å²) in [7, 11) is -4.36. The number of carboxylic acid groups (broad SMARTS) is 1. The quantitative estimate of drug-likeness (QED) is 0.141. The van der Waals surface area contributed by atoms with Crippen LogP contribution in [0.4, 0.5) is 11.4 Å². The van der Waals surface area contributed by atoms with E-state index in [1.165, 1.54) is 34.2 Å². The third kappa shape index (κ3) is 7.30. The van der Waals surface area contributed by atoms with Crippen molar-refractivity contribution in [1.82, 2.24) is 0 Å². The molecule has 54 heavy (non-hydrogen) atoms. The Bertz CT molecular complexity index is 2250. The number of hydrogen-bond acceptors (Lipinski definition) is 4. The number of carbonyl (C=O) groups is 1. The number of benzene rings is 3. The highest BCUT2D eigenvalue weighted by molar-refractivity contribution is 7.85. The minimum atomic E-state index is -4.36. The maximum atomic E-state index is 12.2. The van der Waals surface area contributed by atoms with E-state index in [1.807, 2.05) is 25.1 Å². The van der Waals surface area contributed by atoms with Gasteiger partial charge in [0.1, 0.15) is 6.54 Å². The molecular weight excluding hydrogens is 693 g/mol. The zero-order valence-corrected chi connectivity index (χ0v) is 33.7. The second-order valence-corrected chi connectivity index (χ2v) is 17.4. The van der Waals surface area contributed by atoms with Crippen LogP contribution in [0, 0.1) is 6.92 Å². The van der Waals surface area contributed by atoms with E-state index in [0.717, 1.165) is 91.7 Å². The minimum absolute atomic E-state index is 0.0989. The molecule has 2 aliphatic heterocycles. The topological polar surface area (TPSA) is 97.9 Å². The molecule has 8 heteroatoms. The fourth-order valence-corrected chi connectivity index (χ4v) is 9.12. The molecule has 6 rings (SSSR count). The van der Waals surface area contributed by atoms with Crippen molar-refractivity contribution in [3.63, 3.8) is 0 Å². The summed E-state index contributed by atoms with van der Waals surface area (Å²) in [6, 6.07) is 19.3. The fourth-order valence-electron chi connectivity index (χ4n) is 8.62. The standard InChI is InChI=1S/C46H54N2O5S/c1-8-10-27-47-39-18-13-12-17-37(39)45(4,5)41(47)25-20-32-15-14-16-33(43(32)34-19-23-36(44(49)50)31(3)29-34)21-26-42-46(6,7)38-30-35(54(51,52)53)22-24-40(38)48(42)28-11-9-2/h12-13,17-26,29-30H,8-11,14-16,27-28H2,1-7H3,(H-,49,50,51,52,53)/p+1. The van der Waals surface area contributed by atoms with E-state index in [1.54, 1.807) is 12.1 Å². The van der Waals surface area contributed by atoms with Crippen molar-refractivity contribution >= 4 is 38.7 Å². The Morgan fingerprint density at radius 2 is 1.63 bits per heavy atom. The number of fused-ring (bicyclic) bond motifs is 2. The Morgan fingerprint density at radius 3 is 2.31 bits per heavy atom. The van der Waals surface area contributed by atoms with Crippen molar-refractivity contribution in [1.29, 1.82) is 0 Å². The number of carboxylic acids is 1. The summed E-state index contributed by atoms with van der Waals surface area (Å²) in [5, 5.41) is 9.86. The van der Waals surface area contributed by atoms with Crippen LogP contribution in [0.25, 0.3) is 5.57 Å². The third-order valence-corrected chi connectivity index (χ3v) is 12.4. The number of aromatic carboxylic acids is 1. The van der Waals surface area contributed by atoms with Gasteiger partial charge in [-0.25, -0.2) is 4.79 Å². The Kier molecular flexibility index (Phi) is 11.1. The lowest BCUT2D eigenvalue weighted by Crippen LogP contribution is -2.28. The second kappa shape index (κ2) is 15.3. The van der Waals surface area contributed by atoms with Gasteiger partial charge in [-0.15, -0.1) is 0 Å². The molecule has 7 nitrogen and oxygen atoms in total. The van der Waals surface area contributed by atoms with E-state index in [-0.39, 0.29) is 10.3 Å². The number of allylic oxidation sites excluding steroid dienone is 8. The number of hydrogen-bond donors (Lipinski definition) is 2. The lowest BCUT2D eigenvalue weighted by molar-refractivity contribution is -0.438. The van der Waals surface area contributed by atoms with Crippen LogP contribution in [0.2, 0.25) is 0 Å². The van der Waals surface area contributed by atoms with Crippen LogP contribution >= 0.6 is 0 Å². The van der Waals surface area contributed by atoms with E-state index in [4.69, 9.17) is 0 Å². The van der Waals surface area contributed by atoms with Gasteiger partial charge in [0.05, 0.1) is 15.9 Å². The number of rotatable bonds is 12. The minimum Gasteiger partial charge on any atom is -0.478 e. The highest BCUT2D eigenvalue weighted by atomic mass is 32.2. The van der Waals surface area contributed by atoms with E-state index < -0.39 is 21.5 Å². The van der Waals surface area contributed by atoms with Crippen LogP contribution in [0.3, 0.4) is 0 Å².